The first-order valence-electron chi connectivity index (χ1n) is 6.08. The molecule has 0 saturated carbocycles. The number of halogens is 2. The van der Waals surface area contributed by atoms with Crippen molar-refractivity contribution >= 4 is 33.4 Å². The van der Waals surface area contributed by atoms with Crippen LogP contribution in [-0.2, 0) is 11.3 Å². The lowest BCUT2D eigenvalue weighted by molar-refractivity contribution is -0.385. The van der Waals surface area contributed by atoms with Crippen LogP contribution in [0.4, 0.5) is 20.6 Å². The van der Waals surface area contributed by atoms with E-state index in [0.29, 0.717) is 0 Å². The number of hydrogen-bond donors (Lipinski definition) is 1. The van der Waals surface area contributed by atoms with Crippen LogP contribution in [0.5, 0.6) is 0 Å². The molecule has 1 amide bonds. The van der Waals surface area contributed by atoms with Gasteiger partial charge < -0.3 is 4.74 Å². The highest BCUT2D eigenvalue weighted by Crippen LogP contribution is 2.30. The fourth-order valence-corrected chi connectivity index (χ4v) is 2.17. The van der Waals surface area contributed by atoms with E-state index in [-0.39, 0.29) is 16.8 Å². The third-order valence-corrected chi connectivity index (χ3v) is 3.30. The van der Waals surface area contributed by atoms with Crippen LogP contribution in [0, 0.1) is 15.9 Å². The Balaban J connectivity index is 2.04. The van der Waals surface area contributed by atoms with Crippen molar-refractivity contribution in [2.75, 3.05) is 5.32 Å². The predicted molar refractivity (Wildman–Crippen MR) is 81.0 cm³/mol. The molecule has 0 atom stereocenters. The molecule has 2 rings (SSSR count). The van der Waals surface area contributed by atoms with Crippen molar-refractivity contribution in [2.24, 2.45) is 0 Å². The summed E-state index contributed by atoms with van der Waals surface area (Å²) in [5.74, 6) is -0.933. The zero-order valence-electron chi connectivity index (χ0n) is 11.1. The molecule has 0 aliphatic rings. The number of non-ortho nitro benzene ring substituents is 1. The summed E-state index contributed by atoms with van der Waals surface area (Å²) in [6.07, 6.45) is -0.864. The molecular weight excluding hydrogens is 359 g/mol. The van der Waals surface area contributed by atoms with E-state index in [1.165, 1.54) is 0 Å². The molecular formula is C14H10BrFN2O4. The Morgan fingerprint density at radius 2 is 2.00 bits per heavy atom. The van der Waals surface area contributed by atoms with Crippen molar-refractivity contribution in [3.63, 3.8) is 0 Å². The van der Waals surface area contributed by atoms with Gasteiger partial charge in [-0.15, -0.1) is 0 Å². The smallest absolute Gasteiger partial charge is 0.412 e. The van der Waals surface area contributed by atoms with Crippen LogP contribution in [0.1, 0.15) is 5.56 Å². The highest BCUT2D eigenvalue weighted by Gasteiger charge is 2.17. The van der Waals surface area contributed by atoms with Crippen molar-refractivity contribution < 1.29 is 18.8 Å². The predicted octanol–water partition coefficient (Wildman–Crippen LogP) is 4.25. The quantitative estimate of drug-likeness (QED) is 0.646. The summed E-state index contributed by atoms with van der Waals surface area (Å²) in [7, 11) is 0. The summed E-state index contributed by atoms with van der Waals surface area (Å²) in [5, 5.41) is 12.8. The van der Waals surface area contributed by atoms with Crippen LogP contribution in [-0.4, -0.2) is 11.0 Å². The molecule has 0 saturated heterocycles. The van der Waals surface area contributed by atoms with Gasteiger partial charge >= 0.3 is 6.09 Å². The summed E-state index contributed by atoms with van der Waals surface area (Å²) in [6.45, 7) is 0.0267. The van der Waals surface area contributed by atoms with Crippen molar-refractivity contribution in [3.8, 4) is 0 Å². The number of anilines is 1. The number of nitrogens with zero attached hydrogens (tertiary/aromatic N) is 1. The van der Waals surface area contributed by atoms with Crippen molar-refractivity contribution in [3.05, 3.63) is 68.4 Å². The first-order chi connectivity index (χ1) is 10.5. The summed E-state index contributed by atoms with van der Waals surface area (Å²) in [4.78, 5) is 21.5. The van der Waals surface area contributed by atoms with Crippen molar-refractivity contribution in [2.45, 2.75) is 6.61 Å². The van der Waals surface area contributed by atoms with Crippen LogP contribution in [0.2, 0.25) is 0 Å². The molecule has 0 aliphatic heterocycles. The maximum atomic E-state index is 13.8. The molecule has 114 valence electrons. The number of nitro benzene ring substituents is 1. The topological polar surface area (TPSA) is 81.5 Å². The molecule has 2 aromatic rings. The van der Waals surface area contributed by atoms with Gasteiger partial charge in [0.1, 0.15) is 6.61 Å². The monoisotopic (exact) mass is 368 g/mol. The average Bonchev–Trinajstić information content (AvgIpc) is 2.49. The Labute approximate surface area is 133 Å². The van der Waals surface area contributed by atoms with E-state index in [0.717, 1.165) is 17.7 Å². The number of ether oxygens (including phenoxy) is 1. The van der Waals surface area contributed by atoms with E-state index in [9.17, 15) is 19.3 Å². The summed E-state index contributed by atoms with van der Waals surface area (Å²) < 4.78 is 18.8. The second-order valence-electron chi connectivity index (χ2n) is 4.23. The van der Waals surface area contributed by atoms with E-state index in [2.05, 4.69) is 21.2 Å². The van der Waals surface area contributed by atoms with E-state index in [1.807, 2.05) is 6.07 Å². The lowest BCUT2D eigenvalue weighted by atomic mass is 10.2. The van der Waals surface area contributed by atoms with Gasteiger partial charge in [0.05, 0.1) is 21.1 Å². The Bertz CT molecular complexity index is 686. The van der Waals surface area contributed by atoms with Gasteiger partial charge in [-0.25, -0.2) is 9.18 Å². The van der Waals surface area contributed by atoms with E-state index < -0.39 is 22.5 Å². The van der Waals surface area contributed by atoms with Crippen LogP contribution in [0.25, 0.3) is 0 Å². The Morgan fingerprint density at radius 1 is 1.32 bits per heavy atom. The van der Waals surface area contributed by atoms with Gasteiger partial charge in [0.15, 0.2) is 5.82 Å². The Morgan fingerprint density at radius 3 is 2.59 bits per heavy atom. The molecule has 0 aromatic heterocycles. The number of benzene rings is 2. The zero-order valence-corrected chi connectivity index (χ0v) is 12.7. The van der Waals surface area contributed by atoms with Gasteiger partial charge in [-0.2, -0.15) is 0 Å². The van der Waals surface area contributed by atoms with Gasteiger partial charge in [-0.3, -0.25) is 15.4 Å². The summed E-state index contributed by atoms with van der Waals surface area (Å²) in [6, 6.07) is 10.8. The summed E-state index contributed by atoms with van der Waals surface area (Å²) in [5.41, 5.74) is 0.136. The molecule has 0 aliphatic carbocycles. The van der Waals surface area contributed by atoms with Gasteiger partial charge in [0.2, 0.25) is 0 Å². The van der Waals surface area contributed by atoms with Crippen LogP contribution < -0.4 is 5.32 Å². The minimum absolute atomic E-state index is 0.0267. The van der Waals surface area contributed by atoms with E-state index in [1.54, 1.807) is 24.3 Å². The molecule has 0 spiro atoms. The minimum Gasteiger partial charge on any atom is -0.444 e. The molecule has 0 radical (unpaired) electrons. The highest BCUT2D eigenvalue weighted by molar-refractivity contribution is 9.10. The van der Waals surface area contributed by atoms with Gasteiger partial charge in [0.25, 0.3) is 5.69 Å². The van der Waals surface area contributed by atoms with E-state index >= 15 is 0 Å². The maximum Gasteiger partial charge on any atom is 0.412 e. The SMILES string of the molecule is O=C(Nc1c(F)cc([N+](=O)[O-])cc1Br)OCc1ccccc1. The van der Waals surface area contributed by atoms with Crippen molar-refractivity contribution in [1.29, 1.82) is 0 Å². The van der Waals surface area contributed by atoms with Gasteiger partial charge in [-0.05, 0) is 21.5 Å². The minimum atomic E-state index is -0.933. The standard InChI is InChI=1S/C14H10BrFN2O4/c15-11-6-10(18(20)21)7-12(16)13(11)17-14(19)22-8-9-4-2-1-3-5-9/h1-7H,8H2,(H,17,19). The zero-order chi connectivity index (χ0) is 16.1. The number of carbonyl (C=O) groups excluding carboxylic acids is 1. The second-order valence-corrected chi connectivity index (χ2v) is 5.08. The van der Waals surface area contributed by atoms with Crippen LogP contribution in [0.3, 0.4) is 0 Å². The fourth-order valence-electron chi connectivity index (χ4n) is 1.65. The first kappa shape index (κ1) is 15.9. The number of hydrogen-bond acceptors (Lipinski definition) is 4. The molecule has 1 N–H and O–H groups in total. The number of carbonyl (C=O) groups is 1. The Kier molecular flexibility index (Phi) is 5.05. The molecule has 0 bridgehead atoms. The van der Waals surface area contributed by atoms with Gasteiger partial charge in [-0.1, -0.05) is 30.3 Å². The average molecular weight is 369 g/mol. The number of nitro groups is 1. The lowest BCUT2D eigenvalue weighted by Crippen LogP contribution is -2.15. The molecule has 0 unspecified atom stereocenters. The molecule has 2 aromatic carbocycles. The number of rotatable bonds is 4. The fraction of sp³-hybridized carbons (Fsp3) is 0.0714. The first-order valence-corrected chi connectivity index (χ1v) is 6.88. The number of amides is 1. The molecule has 8 heteroatoms. The van der Waals surface area contributed by atoms with Gasteiger partial charge in [0, 0.05) is 6.07 Å². The molecule has 22 heavy (non-hydrogen) atoms. The maximum absolute atomic E-state index is 13.8. The second kappa shape index (κ2) is 6.99. The van der Waals surface area contributed by atoms with Crippen molar-refractivity contribution in [1.82, 2.24) is 0 Å². The normalized spacial score (nSPS) is 10.1. The molecule has 0 fully saturated rings. The van der Waals surface area contributed by atoms with Crippen LogP contribution >= 0.6 is 15.9 Å². The lowest BCUT2D eigenvalue weighted by Gasteiger charge is -2.09. The number of nitrogens with one attached hydrogen (secondary N) is 1. The van der Waals surface area contributed by atoms with Crippen LogP contribution in [0.15, 0.2) is 46.9 Å². The Hall–Kier alpha value is -2.48. The molecule has 0 heterocycles. The third-order valence-electron chi connectivity index (χ3n) is 2.68. The molecule has 6 nitrogen and oxygen atoms in total. The largest absolute Gasteiger partial charge is 0.444 e. The highest BCUT2D eigenvalue weighted by atomic mass is 79.9. The third kappa shape index (κ3) is 4.01. The summed E-state index contributed by atoms with van der Waals surface area (Å²) >= 11 is 2.98. The van der Waals surface area contributed by atoms with E-state index in [4.69, 9.17) is 4.74 Å².